The van der Waals surface area contributed by atoms with E-state index in [0.717, 1.165) is 22.2 Å². The van der Waals surface area contributed by atoms with Crippen molar-refractivity contribution in [2.24, 2.45) is 5.73 Å². The lowest BCUT2D eigenvalue weighted by Gasteiger charge is -2.09. The molecule has 2 rings (SSSR count). The predicted molar refractivity (Wildman–Crippen MR) is 57.5 cm³/mol. The summed E-state index contributed by atoms with van der Waals surface area (Å²) >= 11 is 0. The van der Waals surface area contributed by atoms with Crippen LogP contribution in [-0.2, 0) is 6.54 Å². The predicted octanol–water partition coefficient (Wildman–Crippen LogP) is 1.94. The van der Waals surface area contributed by atoms with Gasteiger partial charge in [-0.25, -0.2) is 0 Å². The van der Waals surface area contributed by atoms with Crippen LogP contribution in [-0.4, -0.2) is 12.1 Å². The second-order valence-corrected chi connectivity index (χ2v) is 3.34. The SMILES string of the molecule is COc1cc(C)c2[nH]ccc2c1CN. The van der Waals surface area contributed by atoms with E-state index in [1.165, 1.54) is 5.56 Å². The van der Waals surface area contributed by atoms with Crippen LogP contribution in [0, 0.1) is 6.92 Å². The number of H-pyrrole nitrogens is 1. The molecule has 0 aliphatic rings. The van der Waals surface area contributed by atoms with Crippen LogP contribution in [0.5, 0.6) is 5.75 Å². The van der Waals surface area contributed by atoms with Gasteiger partial charge in [0.15, 0.2) is 0 Å². The highest BCUT2D eigenvalue weighted by Gasteiger charge is 2.09. The molecule has 3 N–H and O–H groups in total. The summed E-state index contributed by atoms with van der Waals surface area (Å²) in [5.41, 5.74) is 9.10. The van der Waals surface area contributed by atoms with E-state index in [4.69, 9.17) is 10.5 Å². The molecule has 0 fully saturated rings. The fourth-order valence-corrected chi connectivity index (χ4v) is 1.83. The van der Waals surface area contributed by atoms with Crippen LogP contribution < -0.4 is 10.5 Å². The zero-order chi connectivity index (χ0) is 10.1. The first kappa shape index (κ1) is 9.09. The molecule has 0 radical (unpaired) electrons. The van der Waals surface area contributed by atoms with Crippen LogP contribution in [0.3, 0.4) is 0 Å². The number of ether oxygens (including phenoxy) is 1. The number of aromatic amines is 1. The number of nitrogens with two attached hydrogens (primary N) is 1. The first-order valence-electron chi connectivity index (χ1n) is 4.61. The van der Waals surface area contributed by atoms with E-state index in [0.29, 0.717) is 6.54 Å². The molecule has 2 aromatic rings. The molecular weight excluding hydrogens is 176 g/mol. The summed E-state index contributed by atoms with van der Waals surface area (Å²) in [7, 11) is 1.67. The van der Waals surface area contributed by atoms with Gasteiger partial charge >= 0.3 is 0 Å². The Hall–Kier alpha value is -1.48. The molecule has 1 heterocycles. The van der Waals surface area contributed by atoms with Gasteiger partial charge in [-0.05, 0) is 24.6 Å². The zero-order valence-electron chi connectivity index (χ0n) is 8.42. The van der Waals surface area contributed by atoms with Crippen LogP contribution >= 0.6 is 0 Å². The van der Waals surface area contributed by atoms with Crippen molar-refractivity contribution in [3.05, 3.63) is 29.5 Å². The van der Waals surface area contributed by atoms with Crippen molar-refractivity contribution in [2.45, 2.75) is 13.5 Å². The average molecular weight is 190 g/mol. The van der Waals surface area contributed by atoms with Crippen molar-refractivity contribution >= 4 is 10.9 Å². The van der Waals surface area contributed by atoms with Gasteiger partial charge in [-0.3, -0.25) is 0 Å². The first-order valence-corrected chi connectivity index (χ1v) is 4.61. The van der Waals surface area contributed by atoms with Gasteiger partial charge < -0.3 is 15.5 Å². The highest BCUT2D eigenvalue weighted by atomic mass is 16.5. The van der Waals surface area contributed by atoms with Gasteiger partial charge in [0, 0.05) is 29.2 Å². The lowest BCUT2D eigenvalue weighted by molar-refractivity contribution is 0.410. The maximum Gasteiger partial charge on any atom is 0.124 e. The smallest absolute Gasteiger partial charge is 0.124 e. The Kier molecular flexibility index (Phi) is 2.17. The second kappa shape index (κ2) is 3.35. The summed E-state index contributed by atoms with van der Waals surface area (Å²) in [6, 6.07) is 4.05. The maximum atomic E-state index is 5.71. The van der Waals surface area contributed by atoms with E-state index >= 15 is 0 Å². The molecule has 0 bridgehead atoms. The Morgan fingerprint density at radius 1 is 1.50 bits per heavy atom. The number of aromatic nitrogens is 1. The molecule has 0 saturated carbocycles. The number of hydrogen-bond donors (Lipinski definition) is 2. The standard InChI is InChI=1S/C11H14N2O/c1-7-5-10(14-2)9(6-12)8-3-4-13-11(7)8/h3-5,13H,6,12H2,1-2H3. The number of methoxy groups -OCH3 is 1. The normalized spacial score (nSPS) is 10.8. The Morgan fingerprint density at radius 2 is 2.29 bits per heavy atom. The summed E-state index contributed by atoms with van der Waals surface area (Å²) in [5.74, 6) is 0.872. The van der Waals surface area contributed by atoms with E-state index in [1.807, 2.05) is 18.3 Å². The van der Waals surface area contributed by atoms with Crippen LogP contribution in [0.15, 0.2) is 18.3 Å². The van der Waals surface area contributed by atoms with Crippen molar-refractivity contribution in [3.8, 4) is 5.75 Å². The third kappa shape index (κ3) is 1.17. The average Bonchev–Trinajstić information content (AvgIpc) is 2.66. The van der Waals surface area contributed by atoms with Gasteiger partial charge in [0.2, 0.25) is 0 Å². The Morgan fingerprint density at radius 3 is 2.93 bits per heavy atom. The fourth-order valence-electron chi connectivity index (χ4n) is 1.83. The largest absolute Gasteiger partial charge is 0.496 e. The molecule has 0 amide bonds. The molecule has 1 aromatic carbocycles. The summed E-state index contributed by atoms with van der Waals surface area (Å²) in [5, 5.41) is 1.16. The fraction of sp³-hybridized carbons (Fsp3) is 0.273. The van der Waals surface area contributed by atoms with Gasteiger partial charge in [0.25, 0.3) is 0 Å². The van der Waals surface area contributed by atoms with Crippen LogP contribution in [0.25, 0.3) is 10.9 Å². The van der Waals surface area contributed by atoms with E-state index < -0.39 is 0 Å². The molecule has 0 spiro atoms. The number of hydrogen-bond acceptors (Lipinski definition) is 2. The zero-order valence-corrected chi connectivity index (χ0v) is 8.42. The van der Waals surface area contributed by atoms with Crippen molar-refractivity contribution in [1.29, 1.82) is 0 Å². The monoisotopic (exact) mass is 190 g/mol. The minimum Gasteiger partial charge on any atom is -0.496 e. The maximum absolute atomic E-state index is 5.71. The molecule has 0 saturated heterocycles. The van der Waals surface area contributed by atoms with Crippen molar-refractivity contribution in [1.82, 2.24) is 4.98 Å². The van der Waals surface area contributed by atoms with Gasteiger partial charge in [-0.2, -0.15) is 0 Å². The summed E-state index contributed by atoms with van der Waals surface area (Å²) in [4.78, 5) is 3.20. The third-order valence-electron chi connectivity index (χ3n) is 2.54. The minimum absolute atomic E-state index is 0.498. The third-order valence-corrected chi connectivity index (χ3v) is 2.54. The van der Waals surface area contributed by atoms with Gasteiger partial charge in [-0.15, -0.1) is 0 Å². The van der Waals surface area contributed by atoms with Gasteiger partial charge in [0.05, 0.1) is 7.11 Å². The lowest BCUT2D eigenvalue weighted by atomic mass is 10.1. The summed E-state index contributed by atoms with van der Waals surface area (Å²) in [6.07, 6.45) is 1.93. The van der Waals surface area contributed by atoms with Crippen molar-refractivity contribution in [2.75, 3.05) is 7.11 Å². The molecule has 3 heteroatoms. The number of benzene rings is 1. The van der Waals surface area contributed by atoms with Crippen LogP contribution in [0.1, 0.15) is 11.1 Å². The molecule has 14 heavy (non-hydrogen) atoms. The molecule has 0 atom stereocenters. The molecular formula is C11H14N2O. The molecule has 74 valence electrons. The Labute approximate surface area is 82.9 Å². The molecule has 0 aliphatic carbocycles. The highest BCUT2D eigenvalue weighted by molar-refractivity contribution is 5.88. The van der Waals surface area contributed by atoms with E-state index in [9.17, 15) is 0 Å². The first-order chi connectivity index (χ1) is 6.77. The Bertz CT molecular complexity index is 460. The second-order valence-electron chi connectivity index (χ2n) is 3.34. The highest BCUT2D eigenvalue weighted by Crippen LogP contribution is 2.29. The summed E-state index contributed by atoms with van der Waals surface area (Å²) in [6.45, 7) is 2.56. The van der Waals surface area contributed by atoms with Gasteiger partial charge in [-0.1, -0.05) is 0 Å². The summed E-state index contributed by atoms with van der Waals surface area (Å²) < 4.78 is 5.30. The van der Waals surface area contributed by atoms with Gasteiger partial charge in [0.1, 0.15) is 5.75 Å². The molecule has 3 nitrogen and oxygen atoms in total. The molecule has 0 unspecified atom stereocenters. The lowest BCUT2D eigenvalue weighted by Crippen LogP contribution is -2.01. The van der Waals surface area contributed by atoms with E-state index in [1.54, 1.807) is 7.11 Å². The number of aryl methyl sites for hydroxylation is 1. The minimum atomic E-state index is 0.498. The topological polar surface area (TPSA) is 51.0 Å². The van der Waals surface area contributed by atoms with E-state index in [-0.39, 0.29) is 0 Å². The Balaban J connectivity index is 2.82. The molecule has 1 aromatic heterocycles. The number of rotatable bonds is 2. The quantitative estimate of drug-likeness (QED) is 0.760. The number of nitrogens with one attached hydrogen (secondary N) is 1. The van der Waals surface area contributed by atoms with Crippen molar-refractivity contribution < 1.29 is 4.74 Å². The van der Waals surface area contributed by atoms with Crippen molar-refractivity contribution in [3.63, 3.8) is 0 Å². The number of fused-ring (bicyclic) bond motifs is 1. The molecule has 0 aliphatic heterocycles. The van der Waals surface area contributed by atoms with Crippen LogP contribution in [0.4, 0.5) is 0 Å². The van der Waals surface area contributed by atoms with Crippen LogP contribution in [0.2, 0.25) is 0 Å². The van der Waals surface area contributed by atoms with E-state index in [2.05, 4.69) is 11.9 Å².